The molecule has 0 spiro atoms. The zero-order valence-electron chi connectivity index (χ0n) is 9.23. The Hall–Kier alpha value is -1.39. The summed E-state index contributed by atoms with van der Waals surface area (Å²) in [4.78, 5) is 5.37. The fourth-order valence-electron chi connectivity index (χ4n) is 1.63. The number of hydrogen-bond donors (Lipinski definition) is 2. The predicted molar refractivity (Wildman–Crippen MR) is 69.2 cm³/mol. The average molecular weight is 233 g/mol. The first-order valence-corrected chi connectivity index (χ1v) is 6.10. The number of rotatable bonds is 3. The van der Waals surface area contributed by atoms with E-state index in [1.165, 1.54) is 16.9 Å². The van der Waals surface area contributed by atoms with Crippen LogP contribution in [0.15, 0.2) is 24.3 Å². The normalized spacial score (nSPS) is 10.6. The number of benzene rings is 1. The lowest BCUT2D eigenvalue weighted by atomic mass is 10.1. The molecule has 2 aromatic rings. The van der Waals surface area contributed by atoms with E-state index in [0.717, 1.165) is 22.6 Å². The maximum atomic E-state index is 5.70. The van der Waals surface area contributed by atoms with Gasteiger partial charge < -0.3 is 11.5 Å². The first kappa shape index (κ1) is 11.1. The van der Waals surface area contributed by atoms with E-state index >= 15 is 0 Å². The minimum absolute atomic E-state index is 0.486. The molecule has 0 amide bonds. The molecule has 1 aromatic heterocycles. The highest BCUT2D eigenvalue weighted by molar-refractivity contribution is 7.15. The van der Waals surface area contributed by atoms with Crippen molar-refractivity contribution in [1.82, 2.24) is 4.98 Å². The van der Waals surface area contributed by atoms with Gasteiger partial charge in [0.05, 0.1) is 5.69 Å². The summed E-state index contributed by atoms with van der Waals surface area (Å²) < 4.78 is 0. The van der Waals surface area contributed by atoms with E-state index in [0.29, 0.717) is 11.7 Å². The molecule has 84 valence electrons. The lowest BCUT2D eigenvalue weighted by Gasteiger charge is -2.01. The Bertz CT molecular complexity index is 474. The van der Waals surface area contributed by atoms with E-state index in [-0.39, 0.29) is 0 Å². The van der Waals surface area contributed by atoms with E-state index in [9.17, 15) is 0 Å². The molecule has 0 fully saturated rings. The number of anilines is 1. The van der Waals surface area contributed by atoms with Crippen LogP contribution in [0, 0.1) is 0 Å². The van der Waals surface area contributed by atoms with Gasteiger partial charge in [-0.15, -0.1) is 11.3 Å². The number of hydrogen-bond acceptors (Lipinski definition) is 4. The number of aryl methyl sites for hydroxylation is 1. The Morgan fingerprint density at radius 2 is 1.94 bits per heavy atom. The minimum atomic E-state index is 0.486. The smallest absolute Gasteiger partial charge is 0.180 e. The molecule has 0 aliphatic carbocycles. The van der Waals surface area contributed by atoms with Gasteiger partial charge in [-0.05, 0) is 12.0 Å². The summed E-state index contributed by atoms with van der Waals surface area (Å²) in [6.07, 6.45) is 1.04. The zero-order valence-corrected chi connectivity index (χ0v) is 10.1. The van der Waals surface area contributed by atoms with E-state index < -0.39 is 0 Å². The molecule has 1 aromatic carbocycles. The predicted octanol–water partition coefficient (Wildman–Crippen LogP) is 2.41. The zero-order chi connectivity index (χ0) is 11.5. The largest absolute Gasteiger partial charge is 0.375 e. The summed E-state index contributed by atoms with van der Waals surface area (Å²) >= 11 is 1.46. The van der Waals surface area contributed by atoms with E-state index in [2.05, 4.69) is 36.2 Å². The number of nitrogens with two attached hydrogens (primary N) is 2. The summed E-state index contributed by atoms with van der Waals surface area (Å²) in [5, 5.41) is 0.579. The molecule has 0 saturated carbocycles. The standard InChI is InChI=1S/C12H15N3S/c1-2-8-3-5-9(6-4-8)11-10(7-13)16-12(14)15-11/h3-6H,2,7,13H2,1H3,(H2,14,15). The van der Waals surface area contributed by atoms with Gasteiger partial charge in [0.1, 0.15) is 0 Å². The third kappa shape index (κ3) is 2.08. The molecule has 2 rings (SSSR count). The summed E-state index contributed by atoms with van der Waals surface area (Å²) in [5.74, 6) is 0. The fourth-order valence-corrected chi connectivity index (χ4v) is 2.37. The molecule has 4 N–H and O–H groups in total. The Kier molecular flexibility index (Phi) is 3.22. The van der Waals surface area contributed by atoms with Crippen LogP contribution in [-0.4, -0.2) is 4.98 Å². The second kappa shape index (κ2) is 4.63. The third-order valence-electron chi connectivity index (χ3n) is 2.53. The van der Waals surface area contributed by atoms with Crippen LogP contribution in [0.25, 0.3) is 11.3 Å². The van der Waals surface area contributed by atoms with E-state index in [1.807, 2.05) is 0 Å². The molecule has 0 aliphatic rings. The third-order valence-corrected chi connectivity index (χ3v) is 3.44. The van der Waals surface area contributed by atoms with Gasteiger partial charge in [0.2, 0.25) is 0 Å². The van der Waals surface area contributed by atoms with Crippen molar-refractivity contribution in [1.29, 1.82) is 0 Å². The van der Waals surface area contributed by atoms with Gasteiger partial charge in [-0.3, -0.25) is 0 Å². The van der Waals surface area contributed by atoms with Crippen molar-refractivity contribution in [3.63, 3.8) is 0 Å². The van der Waals surface area contributed by atoms with Crippen LogP contribution in [0.3, 0.4) is 0 Å². The van der Waals surface area contributed by atoms with Crippen molar-refractivity contribution < 1.29 is 0 Å². The van der Waals surface area contributed by atoms with Crippen molar-refractivity contribution >= 4 is 16.5 Å². The van der Waals surface area contributed by atoms with Crippen LogP contribution in [-0.2, 0) is 13.0 Å². The summed E-state index contributed by atoms with van der Waals surface area (Å²) in [5.41, 5.74) is 14.7. The number of aromatic nitrogens is 1. The fraction of sp³-hybridized carbons (Fsp3) is 0.250. The Balaban J connectivity index is 2.41. The monoisotopic (exact) mass is 233 g/mol. The molecule has 0 saturated heterocycles. The van der Waals surface area contributed by atoms with Gasteiger partial charge in [0, 0.05) is 17.0 Å². The minimum Gasteiger partial charge on any atom is -0.375 e. The summed E-state index contributed by atoms with van der Waals surface area (Å²) in [6.45, 7) is 2.63. The highest BCUT2D eigenvalue weighted by Gasteiger charge is 2.09. The topological polar surface area (TPSA) is 64.9 Å². The molecular formula is C12H15N3S. The molecule has 0 radical (unpaired) electrons. The maximum Gasteiger partial charge on any atom is 0.180 e. The molecule has 16 heavy (non-hydrogen) atoms. The summed E-state index contributed by atoms with van der Waals surface area (Å²) in [6, 6.07) is 8.38. The van der Waals surface area contributed by atoms with E-state index in [4.69, 9.17) is 11.5 Å². The van der Waals surface area contributed by atoms with Gasteiger partial charge in [0.25, 0.3) is 0 Å². The van der Waals surface area contributed by atoms with Crippen LogP contribution in [0.4, 0.5) is 5.13 Å². The molecule has 4 heteroatoms. The highest BCUT2D eigenvalue weighted by Crippen LogP contribution is 2.29. The van der Waals surface area contributed by atoms with Crippen molar-refractivity contribution in [2.75, 3.05) is 5.73 Å². The van der Waals surface area contributed by atoms with Crippen molar-refractivity contribution in [2.24, 2.45) is 5.73 Å². The van der Waals surface area contributed by atoms with Gasteiger partial charge in [0.15, 0.2) is 5.13 Å². The molecule has 0 bridgehead atoms. The quantitative estimate of drug-likeness (QED) is 0.855. The first-order chi connectivity index (χ1) is 7.74. The van der Waals surface area contributed by atoms with Crippen LogP contribution < -0.4 is 11.5 Å². The molecule has 1 heterocycles. The van der Waals surface area contributed by atoms with Crippen LogP contribution in [0.5, 0.6) is 0 Å². The Morgan fingerprint density at radius 3 is 2.50 bits per heavy atom. The summed E-state index contributed by atoms with van der Waals surface area (Å²) in [7, 11) is 0. The van der Waals surface area contributed by atoms with Crippen LogP contribution in [0.1, 0.15) is 17.4 Å². The maximum absolute atomic E-state index is 5.70. The second-order valence-corrected chi connectivity index (χ2v) is 4.69. The van der Waals surface area contributed by atoms with Gasteiger partial charge >= 0.3 is 0 Å². The van der Waals surface area contributed by atoms with Gasteiger partial charge in [-0.2, -0.15) is 0 Å². The molecule has 0 unspecified atom stereocenters. The molecule has 0 atom stereocenters. The van der Waals surface area contributed by atoms with Gasteiger partial charge in [-0.25, -0.2) is 4.98 Å². The molecular weight excluding hydrogens is 218 g/mol. The Labute approximate surface area is 99.1 Å². The lowest BCUT2D eigenvalue weighted by molar-refractivity contribution is 1.10. The number of nitrogens with zero attached hydrogens (tertiary/aromatic N) is 1. The second-order valence-electron chi connectivity index (χ2n) is 3.58. The SMILES string of the molecule is CCc1ccc(-c2nc(N)sc2CN)cc1. The van der Waals surface area contributed by atoms with Crippen molar-refractivity contribution in [3.05, 3.63) is 34.7 Å². The molecule has 3 nitrogen and oxygen atoms in total. The highest BCUT2D eigenvalue weighted by atomic mass is 32.1. The first-order valence-electron chi connectivity index (χ1n) is 5.29. The lowest BCUT2D eigenvalue weighted by Crippen LogP contribution is -1.95. The number of thiazole rings is 1. The van der Waals surface area contributed by atoms with Gasteiger partial charge in [-0.1, -0.05) is 31.2 Å². The van der Waals surface area contributed by atoms with Crippen molar-refractivity contribution in [3.8, 4) is 11.3 Å². The molecule has 0 aliphatic heterocycles. The van der Waals surface area contributed by atoms with Crippen molar-refractivity contribution in [2.45, 2.75) is 19.9 Å². The number of nitrogen functional groups attached to an aromatic ring is 1. The van der Waals surface area contributed by atoms with E-state index in [1.54, 1.807) is 0 Å². The Morgan fingerprint density at radius 1 is 1.25 bits per heavy atom. The average Bonchev–Trinajstić information content (AvgIpc) is 2.70. The van der Waals surface area contributed by atoms with Crippen LogP contribution in [0.2, 0.25) is 0 Å². The van der Waals surface area contributed by atoms with Crippen LogP contribution >= 0.6 is 11.3 Å².